The van der Waals surface area contributed by atoms with Crippen molar-refractivity contribution in [3.63, 3.8) is 0 Å². The second kappa shape index (κ2) is 7.35. The first-order valence-corrected chi connectivity index (χ1v) is 8.29. The van der Waals surface area contributed by atoms with Crippen LogP contribution in [0.15, 0.2) is 42.6 Å². The number of halogens is 3. The van der Waals surface area contributed by atoms with Gasteiger partial charge in [-0.2, -0.15) is 13.2 Å². The van der Waals surface area contributed by atoms with E-state index in [1.807, 2.05) is 24.3 Å². The molecule has 1 aliphatic rings. The van der Waals surface area contributed by atoms with Gasteiger partial charge in [0.1, 0.15) is 5.69 Å². The van der Waals surface area contributed by atoms with E-state index in [1.165, 1.54) is 11.6 Å². The van der Waals surface area contributed by atoms with E-state index in [4.69, 9.17) is 0 Å². The van der Waals surface area contributed by atoms with E-state index in [2.05, 4.69) is 10.3 Å². The molecule has 6 heteroatoms. The van der Waals surface area contributed by atoms with Gasteiger partial charge in [-0.1, -0.05) is 24.3 Å². The van der Waals surface area contributed by atoms with Gasteiger partial charge in [0.05, 0.1) is 0 Å². The molecule has 0 bridgehead atoms. The molecule has 0 saturated carbocycles. The fraction of sp³-hybridized carbons (Fsp3) is 0.368. The third-order valence-electron chi connectivity index (χ3n) is 4.49. The summed E-state index contributed by atoms with van der Waals surface area (Å²) >= 11 is 0. The van der Waals surface area contributed by atoms with E-state index in [0.29, 0.717) is 5.92 Å². The summed E-state index contributed by atoms with van der Waals surface area (Å²) in [6.45, 7) is 2.03. The topological polar surface area (TPSA) is 42.0 Å². The van der Waals surface area contributed by atoms with Crippen molar-refractivity contribution in [3.8, 4) is 0 Å². The highest BCUT2D eigenvalue weighted by Crippen LogP contribution is 2.27. The monoisotopic (exact) mass is 348 g/mol. The predicted molar refractivity (Wildman–Crippen MR) is 88.6 cm³/mol. The normalized spacial score (nSPS) is 18.1. The quantitative estimate of drug-likeness (QED) is 0.850. The lowest BCUT2D eigenvalue weighted by atomic mass is 9.90. The highest BCUT2D eigenvalue weighted by molar-refractivity contribution is 5.97. The van der Waals surface area contributed by atoms with Gasteiger partial charge in [-0.05, 0) is 48.6 Å². The molecule has 0 spiro atoms. The number of alkyl halides is 3. The van der Waals surface area contributed by atoms with Gasteiger partial charge in [-0.3, -0.25) is 9.78 Å². The molecule has 1 atom stereocenters. The minimum atomic E-state index is -4.49. The second-order valence-corrected chi connectivity index (χ2v) is 6.31. The van der Waals surface area contributed by atoms with Gasteiger partial charge < -0.3 is 5.32 Å². The lowest BCUT2D eigenvalue weighted by Crippen LogP contribution is -2.28. The number of nitrogens with zero attached hydrogens (tertiary/aromatic N) is 1. The smallest absolute Gasteiger partial charge is 0.316 e. The molecule has 2 heterocycles. The third kappa shape index (κ3) is 4.45. The molecule has 1 saturated heterocycles. The van der Waals surface area contributed by atoms with Crippen molar-refractivity contribution in [2.75, 3.05) is 13.1 Å². The number of carbonyl (C=O) groups is 1. The van der Waals surface area contributed by atoms with Crippen LogP contribution in [0.25, 0.3) is 0 Å². The van der Waals surface area contributed by atoms with E-state index in [9.17, 15) is 18.0 Å². The minimum absolute atomic E-state index is 0.149. The van der Waals surface area contributed by atoms with Crippen LogP contribution in [0, 0.1) is 0 Å². The van der Waals surface area contributed by atoms with Crippen molar-refractivity contribution in [3.05, 3.63) is 65.0 Å². The molecule has 3 rings (SSSR count). The van der Waals surface area contributed by atoms with Crippen LogP contribution < -0.4 is 5.32 Å². The number of piperidine rings is 1. The summed E-state index contributed by atoms with van der Waals surface area (Å²) < 4.78 is 37.5. The molecule has 0 radical (unpaired) electrons. The predicted octanol–water partition coefficient (Wildman–Crippen LogP) is 3.99. The Kier molecular flexibility index (Phi) is 5.18. The fourth-order valence-electron chi connectivity index (χ4n) is 3.06. The van der Waals surface area contributed by atoms with Gasteiger partial charge >= 0.3 is 6.18 Å². The molecule has 3 nitrogen and oxygen atoms in total. The van der Waals surface area contributed by atoms with E-state index in [0.717, 1.165) is 43.8 Å². The summed E-state index contributed by atoms with van der Waals surface area (Å²) in [5, 5.41) is 3.38. The van der Waals surface area contributed by atoms with Gasteiger partial charge in [0, 0.05) is 24.7 Å². The van der Waals surface area contributed by atoms with Crippen LogP contribution in [0.1, 0.15) is 45.9 Å². The van der Waals surface area contributed by atoms with Crippen LogP contribution in [-0.4, -0.2) is 23.9 Å². The van der Waals surface area contributed by atoms with Crippen molar-refractivity contribution < 1.29 is 18.0 Å². The van der Waals surface area contributed by atoms with Gasteiger partial charge in [0.2, 0.25) is 0 Å². The Hall–Kier alpha value is -2.21. The van der Waals surface area contributed by atoms with Crippen molar-refractivity contribution >= 4 is 5.78 Å². The zero-order valence-electron chi connectivity index (χ0n) is 13.6. The molecular formula is C19H19F3N2O. The largest absolute Gasteiger partial charge is 0.433 e. The zero-order valence-corrected chi connectivity index (χ0v) is 13.6. The summed E-state index contributed by atoms with van der Waals surface area (Å²) in [7, 11) is 0. The fourth-order valence-corrected chi connectivity index (χ4v) is 3.06. The van der Waals surface area contributed by atoms with Crippen molar-refractivity contribution in [2.24, 2.45) is 0 Å². The first-order valence-electron chi connectivity index (χ1n) is 8.29. The van der Waals surface area contributed by atoms with Gasteiger partial charge in [0.25, 0.3) is 0 Å². The summed E-state index contributed by atoms with van der Waals surface area (Å²) in [6, 6.07) is 9.92. The Labute approximate surface area is 144 Å². The summed E-state index contributed by atoms with van der Waals surface area (Å²) in [5.41, 5.74) is 1.29. The lowest BCUT2D eigenvalue weighted by Gasteiger charge is -2.23. The van der Waals surface area contributed by atoms with E-state index >= 15 is 0 Å². The number of pyridine rings is 1. The van der Waals surface area contributed by atoms with Crippen molar-refractivity contribution in [1.82, 2.24) is 10.3 Å². The number of aromatic nitrogens is 1. The molecule has 1 aromatic carbocycles. The first kappa shape index (κ1) is 17.6. The average molecular weight is 348 g/mol. The summed E-state index contributed by atoms with van der Waals surface area (Å²) in [4.78, 5) is 15.6. The number of hydrogen-bond donors (Lipinski definition) is 1. The number of hydrogen-bond acceptors (Lipinski definition) is 3. The number of Topliss-reactive ketones (excluding diaryl/α,β-unsaturated/α-hetero) is 1. The van der Waals surface area contributed by atoms with Crippen LogP contribution in [0.3, 0.4) is 0 Å². The van der Waals surface area contributed by atoms with Crippen LogP contribution in [-0.2, 0) is 12.6 Å². The Morgan fingerprint density at radius 1 is 1.16 bits per heavy atom. The lowest BCUT2D eigenvalue weighted by molar-refractivity contribution is -0.141. The SMILES string of the molecule is O=C(Cc1ccc([C@@H]2CCCNC2)cc1)c1ccc(C(F)(F)F)nc1. The Bertz CT molecular complexity index is 718. The number of nitrogens with one attached hydrogen (secondary N) is 1. The van der Waals surface area contributed by atoms with E-state index in [-0.39, 0.29) is 17.8 Å². The van der Waals surface area contributed by atoms with Crippen molar-refractivity contribution in [2.45, 2.75) is 31.4 Å². The Balaban J connectivity index is 1.64. The molecule has 2 aromatic rings. The van der Waals surface area contributed by atoms with Crippen LogP contribution in [0.2, 0.25) is 0 Å². The maximum absolute atomic E-state index is 12.5. The number of ketones is 1. The minimum Gasteiger partial charge on any atom is -0.316 e. The zero-order chi connectivity index (χ0) is 17.9. The maximum atomic E-state index is 12.5. The van der Waals surface area contributed by atoms with Crippen molar-refractivity contribution in [1.29, 1.82) is 0 Å². The first-order chi connectivity index (χ1) is 11.9. The molecule has 0 aliphatic carbocycles. The maximum Gasteiger partial charge on any atom is 0.433 e. The Morgan fingerprint density at radius 3 is 2.48 bits per heavy atom. The van der Waals surface area contributed by atoms with Gasteiger partial charge in [-0.15, -0.1) is 0 Å². The molecule has 1 aliphatic heterocycles. The summed E-state index contributed by atoms with van der Waals surface area (Å²) in [5.74, 6) is 0.255. The highest BCUT2D eigenvalue weighted by atomic mass is 19.4. The Morgan fingerprint density at radius 2 is 1.92 bits per heavy atom. The molecule has 1 fully saturated rings. The number of benzene rings is 1. The molecule has 132 valence electrons. The average Bonchev–Trinajstić information content (AvgIpc) is 2.62. The second-order valence-electron chi connectivity index (χ2n) is 6.31. The van der Waals surface area contributed by atoms with Gasteiger partial charge in [-0.25, -0.2) is 0 Å². The van der Waals surface area contributed by atoms with E-state index in [1.54, 1.807) is 0 Å². The van der Waals surface area contributed by atoms with E-state index < -0.39 is 11.9 Å². The third-order valence-corrected chi connectivity index (χ3v) is 4.49. The molecule has 0 unspecified atom stereocenters. The van der Waals surface area contributed by atoms with Crippen LogP contribution in [0.4, 0.5) is 13.2 Å². The summed E-state index contributed by atoms with van der Waals surface area (Å²) in [6.07, 6.45) is -1.04. The van der Waals surface area contributed by atoms with Crippen LogP contribution >= 0.6 is 0 Å². The highest BCUT2D eigenvalue weighted by Gasteiger charge is 2.32. The molecule has 0 amide bonds. The molecule has 1 aromatic heterocycles. The molecule has 25 heavy (non-hydrogen) atoms. The standard InChI is InChI=1S/C19H19F3N2O/c20-19(21,22)18-8-7-16(12-24-18)17(25)10-13-3-5-14(6-4-13)15-2-1-9-23-11-15/h3-8,12,15,23H,1-2,9-11H2/t15-/m1/s1. The number of rotatable bonds is 4. The molecular weight excluding hydrogens is 329 g/mol. The number of carbonyl (C=O) groups excluding carboxylic acids is 1. The van der Waals surface area contributed by atoms with Crippen LogP contribution in [0.5, 0.6) is 0 Å². The van der Waals surface area contributed by atoms with Gasteiger partial charge in [0.15, 0.2) is 5.78 Å². The molecule has 1 N–H and O–H groups in total.